The summed E-state index contributed by atoms with van der Waals surface area (Å²) in [4.78, 5) is 16.6. The fourth-order valence-electron chi connectivity index (χ4n) is 2.12. The maximum Gasteiger partial charge on any atom is 0.226 e. The molecule has 0 aliphatic heterocycles. The first-order chi connectivity index (χ1) is 12.1. The summed E-state index contributed by atoms with van der Waals surface area (Å²) in [5.74, 6) is 0.613. The SMILES string of the molecule is CCNC(=NCc1ccsc1)NCCC(=O)Nc1ccc(C)cc1Cl.I. The van der Waals surface area contributed by atoms with Crippen molar-refractivity contribution in [2.24, 2.45) is 4.99 Å². The van der Waals surface area contributed by atoms with Crippen molar-refractivity contribution in [3.8, 4) is 0 Å². The number of guanidine groups is 1. The summed E-state index contributed by atoms with van der Waals surface area (Å²) in [5, 5.41) is 13.8. The number of benzene rings is 1. The topological polar surface area (TPSA) is 65.5 Å². The van der Waals surface area contributed by atoms with Crippen molar-refractivity contribution in [1.29, 1.82) is 0 Å². The minimum absolute atomic E-state index is 0. The molecule has 1 aromatic carbocycles. The molecule has 0 aliphatic rings. The molecule has 1 aromatic heterocycles. The van der Waals surface area contributed by atoms with Crippen LogP contribution in [0.25, 0.3) is 0 Å². The summed E-state index contributed by atoms with van der Waals surface area (Å²) < 4.78 is 0. The highest BCUT2D eigenvalue weighted by Gasteiger charge is 2.06. The summed E-state index contributed by atoms with van der Waals surface area (Å²) in [6.07, 6.45) is 0.326. The summed E-state index contributed by atoms with van der Waals surface area (Å²) in [7, 11) is 0. The van der Waals surface area contributed by atoms with Crippen LogP contribution >= 0.6 is 46.9 Å². The lowest BCUT2D eigenvalue weighted by atomic mass is 10.2. The lowest BCUT2D eigenvalue weighted by Gasteiger charge is -2.12. The van der Waals surface area contributed by atoms with Crippen LogP contribution in [0.15, 0.2) is 40.0 Å². The van der Waals surface area contributed by atoms with E-state index in [0.29, 0.717) is 36.2 Å². The van der Waals surface area contributed by atoms with E-state index in [2.05, 4.69) is 32.4 Å². The number of carbonyl (C=O) groups is 1. The largest absolute Gasteiger partial charge is 0.357 e. The van der Waals surface area contributed by atoms with Crippen LogP contribution in [-0.2, 0) is 11.3 Å². The second-order valence-corrected chi connectivity index (χ2v) is 6.72. The molecule has 2 rings (SSSR count). The van der Waals surface area contributed by atoms with Gasteiger partial charge in [-0.2, -0.15) is 11.3 Å². The number of thiophene rings is 1. The van der Waals surface area contributed by atoms with Crippen LogP contribution in [0.4, 0.5) is 5.69 Å². The number of aliphatic imine (C=N–C) groups is 1. The molecule has 0 bridgehead atoms. The lowest BCUT2D eigenvalue weighted by molar-refractivity contribution is -0.116. The summed E-state index contributed by atoms with van der Waals surface area (Å²) in [6, 6.07) is 7.61. The average Bonchev–Trinajstić information content (AvgIpc) is 3.09. The number of amides is 1. The molecule has 0 unspecified atom stereocenters. The highest BCUT2D eigenvalue weighted by atomic mass is 127. The first-order valence-corrected chi connectivity index (χ1v) is 9.50. The standard InChI is InChI=1S/C18H23ClN4OS.HI/c1-3-20-18(22-11-14-7-9-25-12-14)21-8-6-17(24)23-16-5-4-13(2)10-15(16)19;/h4-5,7,9-10,12H,3,6,8,11H2,1-2H3,(H,23,24)(H2,20,21,22);1H. The van der Waals surface area contributed by atoms with Gasteiger partial charge in [0, 0.05) is 19.5 Å². The van der Waals surface area contributed by atoms with Gasteiger partial charge in [-0.05, 0) is 53.9 Å². The zero-order chi connectivity index (χ0) is 18.1. The summed E-state index contributed by atoms with van der Waals surface area (Å²) in [6.45, 7) is 5.84. The number of aryl methyl sites for hydroxylation is 1. The fourth-order valence-corrected chi connectivity index (χ4v) is 3.07. The quantitative estimate of drug-likeness (QED) is 0.296. The van der Waals surface area contributed by atoms with E-state index >= 15 is 0 Å². The molecule has 1 amide bonds. The Hall–Kier alpha value is -1.32. The molecule has 142 valence electrons. The summed E-state index contributed by atoms with van der Waals surface area (Å²) in [5.41, 5.74) is 2.87. The van der Waals surface area contributed by atoms with Crippen molar-refractivity contribution in [2.45, 2.75) is 26.8 Å². The van der Waals surface area contributed by atoms with Gasteiger partial charge in [-0.1, -0.05) is 17.7 Å². The first-order valence-electron chi connectivity index (χ1n) is 8.17. The molecule has 8 heteroatoms. The molecule has 0 fully saturated rings. The number of halogens is 2. The van der Waals surface area contributed by atoms with Crippen molar-refractivity contribution < 1.29 is 4.79 Å². The number of nitrogens with one attached hydrogen (secondary N) is 3. The number of carbonyl (C=O) groups excluding carboxylic acids is 1. The van der Waals surface area contributed by atoms with E-state index < -0.39 is 0 Å². The van der Waals surface area contributed by atoms with Gasteiger partial charge in [0.2, 0.25) is 5.91 Å². The van der Waals surface area contributed by atoms with Crippen molar-refractivity contribution in [2.75, 3.05) is 18.4 Å². The molecule has 0 spiro atoms. The highest BCUT2D eigenvalue weighted by molar-refractivity contribution is 14.0. The highest BCUT2D eigenvalue weighted by Crippen LogP contribution is 2.22. The van der Waals surface area contributed by atoms with Crippen LogP contribution in [0.2, 0.25) is 5.02 Å². The molecular weight excluding hydrogens is 483 g/mol. The Morgan fingerprint density at radius 1 is 1.27 bits per heavy atom. The second kappa shape index (κ2) is 12.1. The number of hydrogen-bond donors (Lipinski definition) is 3. The molecule has 0 saturated carbocycles. The molecule has 5 nitrogen and oxygen atoms in total. The maximum atomic E-state index is 12.1. The third kappa shape index (κ3) is 7.92. The monoisotopic (exact) mass is 506 g/mol. The third-order valence-corrected chi connectivity index (χ3v) is 4.43. The van der Waals surface area contributed by atoms with Gasteiger partial charge in [0.1, 0.15) is 0 Å². The van der Waals surface area contributed by atoms with Gasteiger partial charge in [0.15, 0.2) is 5.96 Å². The summed E-state index contributed by atoms with van der Waals surface area (Å²) >= 11 is 7.79. The Labute approximate surface area is 180 Å². The Bertz CT molecular complexity index is 722. The van der Waals surface area contributed by atoms with E-state index in [-0.39, 0.29) is 29.9 Å². The molecule has 0 saturated heterocycles. The van der Waals surface area contributed by atoms with E-state index in [0.717, 1.165) is 12.1 Å². The van der Waals surface area contributed by atoms with Gasteiger partial charge in [-0.25, -0.2) is 4.99 Å². The van der Waals surface area contributed by atoms with Gasteiger partial charge >= 0.3 is 0 Å². The molecule has 0 radical (unpaired) electrons. The minimum atomic E-state index is -0.0908. The van der Waals surface area contributed by atoms with Crippen LogP contribution < -0.4 is 16.0 Å². The van der Waals surface area contributed by atoms with Crippen LogP contribution in [0.1, 0.15) is 24.5 Å². The molecule has 2 aromatic rings. The van der Waals surface area contributed by atoms with E-state index in [1.807, 2.05) is 37.4 Å². The predicted octanol–water partition coefficient (Wildman–Crippen LogP) is 4.41. The fraction of sp³-hybridized carbons (Fsp3) is 0.333. The van der Waals surface area contributed by atoms with Crippen molar-refractivity contribution in [3.05, 3.63) is 51.2 Å². The number of hydrogen-bond acceptors (Lipinski definition) is 3. The molecule has 26 heavy (non-hydrogen) atoms. The van der Waals surface area contributed by atoms with Gasteiger partial charge in [-0.3, -0.25) is 4.79 Å². The van der Waals surface area contributed by atoms with Crippen molar-refractivity contribution in [1.82, 2.24) is 10.6 Å². The Kier molecular flexibility index (Phi) is 10.6. The normalized spacial score (nSPS) is 10.8. The van der Waals surface area contributed by atoms with Crippen LogP contribution in [0.3, 0.4) is 0 Å². The second-order valence-electron chi connectivity index (χ2n) is 5.54. The first kappa shape index (κ1) is 22.7. The van der Waals surface area contributed by atoms with Crippen LogP contribution in [-0.4, -0.2) is 25.0 Å². The van der Waals surface area contributed by atoms with Gasteiger partial charge in [0.05, 0.1) is 17.3 Å². The van der Waals surface area contributed by atoms with Gasteiger partial charge < -0.3 is 16.0 Å². The molecule has 0 aliphatic carbocycles. The van der Waals surface area contributed by atoms with Crippen molar-refractivity contribution >= 4 is 64.5 Å². The average molecular weight is 507 g/mol. The van der Waals surface area contributed by atoms with E-state index in [4.69, 9.17) is 11.6 Å². The molecule has 3 N–H and O–H groups in total. The third-order valence-electron chi connectivity index (χ3n) is 3.39. The Morgan fingerprint density at radius 3 is 2.73 bits per heavy atom. The number of rotatable bonds is 7. The lowest BCUT2D eigenvalue weighted by Crippen LogP contribution is -2.38. The van der Waals surface area contributed by atoms with E-state index in [9.17, 15) is 4.79 Å². The van der Waals surface area contributed by atoms with E-state index in [1.165, 1.54) is 5.56 Å². The molecule has 0 atom stereocenters. The number of nitrogens with zero attached hydrogens (tertiary/aromatic N) is 1. The van der Waals surface area contributed by atoms with Crippen molar-refractivity contribution in [3.63, 3.8) is 0 Å². The molecular formula is C18H24ClIN4OS. The van der Waals surface area contributed by atoms with Gasteiger partial charge in [-0.15, -0.1) is 24.0 Å². The maximum absolute atomic E-state index is 12.1. The van der Waals surface area contributed by atoms with Gasteiger partial charge in [0.25, 0.3) is 0 Å². The zero-order valence-electron chi connectivity index (χ0n) is 14.8. The van der Waals surface area contributed by atoms with Crippen LogP contribution in [0.5, 0.6) is 0 Å². The predicted molar refractivity (Wildman–Crippen MR) is 122 cm³/mol. The smallest absolute Gasteiger partial charge is 0.226 e. The number of anilines is 1. The molecule has 1 heterocycles. The van der Waals surface area contributed by atoms with Crippen LogP contribution in [0, 0.1) is 6.92 Å². The Morgan fingerprint density at radius 2 is 2.08 bits per heavy atom. The van der Waals surface area contributed by atoms with E-state index in [1.54, 1.807) is 11.3 Å². The zero-order valence-corrected chi connectivity index (χ0v) is 18.7. The Balaban J connectivity index is 0.00000338. The minimum Gasteiger partial charge on any atom is -0.357 e.